The predicted octanol–water partition coefficient (Wildman–Crippen LogP) is 5.46. The minimum Gasteiger partial charge on any atom is -0.488 e. The van der Waals surface area contributed by atoms with E-state index in [0.717, 1.165) is 16.3 Å². The molecule has 46 heavy (non-hydrogen) atoms. The molecule has 0 aliphatic carbocycles. The number of ether oxygens (including phenoxy) is 1. The third-order valence-electron chi connectivity index (χ3n) is 8.36. The lowest BCUT2D eigenvalue weighted by molar-refractivity contribution is -0.134. The smallest absolute Gasteiger partial charge is 0.335 e. The van der Waals surface area contributed by atoms with Gasteiger partial charge in [0.15, 0.2) is 0 Å². The number of rotatable bonds is 9. The Bertz CT molecular complexity index is 1700. The summed E-state index contributed by atoms with van der Waals surface area (Å²) in [5.41, 5.74) is 3.03. The second kappa shape index (κ2) is 14.4. The molecule has 240 valence electrons. The summed E-state index contributed by atoms with van der Waals surface area (Å²) in [6.45, 7) is 5.19. The number of fused-ring (bicyclic) bond motifs is 2. The molecule has 5 rings (SSSR count). The standard InChI is InChI=1S/C36H40N4O6/c1-23-19-40(24(2)22-41)34(42)18-28-17-29(37-36(45)38-31-10-6-8-26-7-4-5-9-30(26)31)15-16-32(28)46-33(23)21-39(3)20-25-11-13-27(14-12-25)35(43)44/h4-17,23-24,33,41H,18-22H2,1-3H3,(H,43,44)(H2,37,38,45)/t23-,24+,33+/m0/s1. The summed E-state index contributed by atoms with van der Waals surface area (Å²) in [6.07, 6.45) is -0.263. The third kappa shape index (κ3) is 7.82. The number of anilines is 2. The number of urea groups is 1. The first-order valence-electron chi connectivity index (χ1n) is 15.4. The molecule has 0 saturated carbocycles. The van der Waals surface area contributed by atoms with E-state index in [1.165, 1.54) is 0 Å². The SMILES string of the molecule is C[C@H](CO)N1C[C@H](C)[C@@H](CN(C)Cc2ccc(C(=O)O)cc2)Oc2ccc(NC(=O)Nc3cccc4ccccc34)cc2CC1=O. The van der Waals surface area contributed by atoms with Crippen molar-refractivity contribution in [2.45, 2.75) is 39.0 Å². The number of benzene rings is 4. The maximum Gasteiger partial charge on any atom is 0.335 e. The quantitative estimate of drug-likeness (QED) is 0.194. The molecule has 0 saturated heterocycles. The number of hydrogen-bond acceptors (Lipinski definition) is 6. The number of carbonyl (C=O) groups is 3. The van der Waals surface area contributed by atoms with Crippen molar-refractivity contribution < 1.29 is 29.3 Å². The number of nitrogens with zero attached hydrogens (tertiary/aromatic N) is 2. The van der Waals surface area contributed by atoms with E-state index >= 15 is 0 Å². The Morgan fingerprint density at radius 1 is 1.02 bits per heavy atom. The Labute approximate surface area is 268 Å². The van der Waals surface area contributed by atoms with Crippen molar-refractivity contribution in [2.75, 3.05) is 37.4 Å². The predicted molar refractivity (Wildman–Crippen MR) is 178 cm³/mol. The molecule has 10 heteroatoms. The van der Waals surface area contributed by atoms with Gasteiger partial charge in [0.1, 0.15) is 11.9 Å². The third-order valence-corrected chi connectivity index (χ3v) is 8.36. The van der Waals surface area contributed by atoms with E-state index in [1.54, 1.807) is 47.4 Å². The summed E-state index contributed by atoms with van der Waals surface area (Å²) in [4.78, 5) is 41.7. The monoisotopic (exact) mass is 624 g/mol. The van der Waals surface area contributed by atoms with E-state index < -0.39 is 12.0 Å². The average Bonchev–Trinajstić information content (AvgIpc) is 3.08. The number of amides is 3. The summed E-state index contributed by atoms with van der Waals surface area (Å²) < 4.78 is 6.61. The van der Waals surface area contributed by atoms with Crippen LogP contribution in [0.5, 0.6) is 5.75 Å². The highest BCUT2D eigenvalue weighted by Gasteiger charge is 2.31. The zero-order chi connectivity index (χ0) is 32.8. The van der Waals surface area contributed by atoms with Crippen LogP contribution in [0.15, 0.2) is 84.9 Å². The summed E-state index contributed by atoms with van der Waals surface area (Å²) in [5.74, 6) is -0.623. The van der Waals surface area contributed by atoms with Gasteiger partial charge in [0.05, 0.1) is 30.3 Å². The first-order valence-corrected chi connectivity index (χ1v) is 15.4. The van der Waals surface area contributed by atoms with E-state index in [1.807, 2.05) is 63.4 Å². The zero-order valence-corrected chi connectivity index (χ0v) is 26.3. The maximum atomic E-state index is 13.6. The highest BCUT2D eigenvalue weighted by Crippen LogP contribution is 2.30. The largest absolute Gasteiger partial charge is 0.488 e. The molecule has 10 nitrogen and oxygen atoms in total. The van der Waals surface area contributed by atoms with Crippen LogP contribution in [0.25, 0.3) is 10.8 Å². The van der Waals surface area contributed by atoms with Crippen molar-refractivity contribution in [3.05, 3.63) is 102 Å². The number of aliphatic hydroxyl groups is 1. The molecule has 0 spiro atoms. The minimum absolute atomic E-state index is 0.0470. The normalized spacial score (nSPS) is 17.3. The zero-order valence-electron chi connectivity index (χ0n) is 26.3. The van der Waals surface area contributed by atoms with Crippen molar-refractivity contribution >= 4 is 40.1 Å². The second-order valence-electron chi connectivity index (χ2n) is 12.0. The molecule has 0 bridgehead atoms. The molecule has 4 aromatic carbocycles. The van der Waals surface area contributed by atoms with Gasteiger partial charge in [-0.3, -0.25) is 9.69 Å². The number of nitrogens with one attached hydrogen (secondary N) is 2. The number of carboxylic acids is 1. The van der Waals surface area contributed by atoms with Gasteiger partial charge < -0.3 is 30.5 Å². The van der Waals surface area contributed by atoms with Crippen molar-refractivity contribution in [2.24, 2.45) is 5.92 Å². The molecular formula is C36H40N4O6. The molecule has 0 unspecified atom stereocenters. The average molecular weight is 625 g/mol. The molecular weight excluding hydrogens is 584 g/mol. The lowest BCUT2D eigenvalue weighted by Gasteiger charge is -2.34. The summed E-state index contributed by atoms with van der Waals surface area (Å²) >= 11 is 0. The molecule has 0 radical (unpaired) electrons. The van der Waals surface area contributed by atoms with Gasteiger partial charge in [-0.2, -0.15) is 0 Å². The summed E-state index contributed by atoms with van der Waals surface area (Å²) in [6, 6.07) is 24.8. The second-order valence-corrected chi connectivity index (χ2v) is 12.0. The van der Waals surface area contributed by atoms with Crippen molar-refractivity contribution in [3.8, 4) is 5.75 Å². The van der Waals surface area contributed by atoms with Crippen molar-refractivity contribution in [3.63, 3.8) is 0 Å². The molecule has 4 aromatic rings. The fourth-order valence-corrected chi connectivity index (χ4v) is 5.78. The Hall–Kier alpha value is -4.93. The summed E-state index contributed by atoms with van der Waals surface area (Å²) in [7, 11) is 1.97. The Morgan fingerprint density at radius 2 is 1.76 bits per heavy atom. The first kappa shape index (κ1) is 32.5. The Balaban J connectivity index is 1.36. The van der Waals surface area contributed by atoms with Crippen LogP contribution in [0, 0.1) is 5.92 Å². The van der Waals surface area contributed by atoms with Gasteiger partial charge in [-0.15, -0.1) is 0 Å². The van der Waals surface area contributed by atoms with Crippen LogP contribution >= 0.6 is 0 Å². The van der Waals surface area contributed by atoms with E-state index in [4.69, 9.17) is 4.74 Å². The molecule has 0 aromatic heterocycles. The minimum atomic E-state index is -0.966. The van der Waals surface area contributed by atoms with Gasteiger partial charge in [0.2, 0.25) is 5.91 Å². The van der Waals surface area contributed by atoms with E-state index in [0.29, 0.717) is 42.3 Å². The number of likely N-dealkylation sites (N-methyl/N-ethyl adjacent to an activating group) is 1. The topological polar surface area (TPSA) is 131 Å². The molecule has 4 N–H and O–H groups in total. The molecule has 3 amide bonds. The fraction of sp³-hybridized carbons (Fsp3) is 0.306. The number of carboxylic acid groups (broad SMARTS) is 1. The maximum absolute atomic E-state index is 13.6. The molecule has 1 heterocycles. The van der Waals surface area contributed by atoms with Crippen LogP contribution in [0.4, 0.5) is 16.2 Å². The lowest BCUT2D eigenvalue weighted by atomic mass is 10.0. The van der Waals surface area contributed by atoms with Gasteiger partial charge >= 0.3 is 12.0 Å². The Morgan fingerprint density at radius 3 is 2.50 bits per heavy atom. The van der Waals surface area contributed by atoms with Gasteiger partial charge in [0, 0.05) is 42.2 Å². The van der Waals surface area contributed by atoms with Crippen LogP contribution in [0.2, 0.25) is 0 Å². The van der Waals surface area contributed by atoms with E-state index in [9.17, 15) is 24.6 Å². The van der Waals surface area contributed by atoms with Crippen molar-refractivity contribution in [1.82, 2.24) is 9.80 Å². The van der Waals surface area contributed by atoms with Gasteiger partial charge in [-0.05, 0) is 61.3 Å². The van der Waals surface area contributed by atoms with Crippen LogP contribution in [-0.4, -0.2) is 76.8 Å². The van der Waals surface area contributed by atoms with Crippen molar-refractivity contribution in [1.29, 1.82) is 0 Å². The molecule has 0 fully saturated rings. The number of aliphatic hydroxyl groups excluding tert-OH is 1. The number of hydrogen-bond donors (Lipinski definition) is 4. The molecule has 3 atom stereocenters. The van der Waals surface area contributed by atoms with Crippen LogP contribution in [0.1, 0.15) is 35.3 Å². The number of carbonyl (C=O) groups excluding carboxylic acids is 2. The summed E-state index contributed by atoms with van der Waals surface area (Å²) in [5, 5.41) is 26.9. The van der Waals surface area contributed by atoms with Gasteiger partial charge in [-0.25, -0.2) is 9.59 Å². The number of aromatic carboxylic acids is 1. The van der Waals surface area contributed by atoms with E-state index in [-0.39, 0.29) is 42.6 Å². The van der Waals surface area contributed by atoms with Gasteiger partial charge in [0.25, 0.3) is 0 Å². The van der Waals surface area contributed by atoms with Crippen LogP contribution < -0.4 is 15.4 Å². The van der Waals surface area contributed by atoms with Gasteiger partial charge in [-0.1, -0.05) is 55.5 Å². The Kier molecular flexibility index (Phi) is 10.2. The van der Waals surface area contributed by atoms with Crippen LogP contribution in [0.3, 0.4) is 0 Å². The highest BCUT2D eigenvalue weighted by molar-refractivity contribution is 6.06. The van der Waals surface area contributed by atoms with E-state index in [2.05, 4.69) is 15.5 Å². The lowest BCUT2D eigenvalue weighted by Crippen LogP contribution is -2.47. The van der Waals surface area contributed by atoms with Crippen LogP contribution in [-0.2, 0) is 17.8 Å². The molecule has 1 aliphatic heterocycles. The highest BCUT2D eigenvalue weighted by atomic mass is 16.5. The fourth-order valence-electron chi connectivity index (χ4n) is 5.78. The molecule has 1 aliphatic rings. The first-order chi connectivity index (χ1) is 22.1.